The summed E-state index contributed by atoms with van der Waals surface area (Å²) in [6, 6.07) is 12.2. The summed E-state index contributed by atoms with van der Waals surface area (Å²) in [4.78, 5) is 29.0. The third-order valence-electron chi connectivity index (χ3n) is 4.34. The Labute approximate surface area is 163 Å². The van der Waals surface area contributed by atoms with Gasteiger partial charge < -0.3 is 9.47 Å². The molecule has 0 saturated carbocycles. The molecule has 2 amide bonds. The average molecular weight is 381 g/mol. The second kappa shape index (κ2) is 8.56. The SMILES string of the molecule is CCOc1ccc([C@H]2CC(=O)NC(NC(=O)c3ccc(C)cc3)=N2)cc1OC. The molecule has 0 radical (unpaired) electrons. The summed E-state index contributed by atoms with van der Waals surface area (Å²) >= 11 is 0. The van der Waals surface area contributed by atoms with Crippen LogP contribution in [-0.4, -0.2) is 31.5 Å². The highest BCUT2D eigenvalue weighted by molar-refractivity contribution is 6.10. The number of benzene rings is 2. The largest absolute Gasteiger partial charge is 0.493 e. The van der Waals surface area contributed by atoms with Crippen LogP contribution in [0.2, 0.25) is 0 Å². The summed E-state index contributed by atoms with van der Waals surface area (Å²) in [5.74, 6) is 0.798. The maximum Gasteiger partial charge on any atom is 0.257 e. The van der Waals surface area contributed by atoms with E-state index in [4.69, 9.17) is 9.47 Å². The van der Waals surface area contributed by atoms with Crippen molar-refractivity contribution in [2.75, 3.05) is 13.7 Å². The number of hydrogen-bond donors (Lipinski definition) is 2. The number of amides is 2. The monoisotopic (exact) mass is 381 g/mol. The molecule has 28 heavy (non-hydrogen) atoms. The van der Waals surface area contributed by atoms with E-state index in [0.29, 0.717) is 23.7 Å². The third kappa shape index (κ3) is 4.49. The molecule has 0 aliphatic carbocycles. The van der Waals surface area contributed by atoms with Crippen LogP contribution in [0.25, 0.3) is 0 Å². The fourth-order valence-corrected chi connectivity index (χ4v) is 2.90. The molecule has 0 bridgehead atoms. The van der Waals surface area contributed by atoms with Gasteiger partial charge in [-0.25, -0.2) is 4.99 Å². The number of nitrogens with zero attached hydrogens (tertiary/aromatic N) is 1. The molecule has 0 fully saturated rings. The zero-order valence-electron chi connectivity index (χ0n) is 16.1. The predicted octanol–water partition coefficient (Wildman–Crippen LogP) is 2.75. The number of hydrogen-bond acceptors (Lipinski definition) is 5. The number of ether oxygens (including phenoxy) is 2. The summed E-state index contributed by atoms with van der Waals surface area (Å²) < 4.78 is 10.9. The van der Waals surface area contributed by atoms with Crippen molar-refractivity contribution in [3.05, 3.63) is 59.2 Å². The molecule has 1 aliphatic heterocycles. The molecule has 2 aromatic carbocycles. The van der Waals surface area contributed by atoms with Crippen LogP contribution >= 0.6 is 0 Å². The standard InChI is InChI=1S/C21H23N3O4/c1-4-28-17-10-9-15(11-18(17)27-3)16-12-19(25)23-21(22-16)24-20(26)14-7-5-13(2)6-8-14/h5-11,16H,4,12H2,1-3H3,(H2,22,23,24,25,26)/t16-/m1/s1. The van der Waals surface area contributed by atoms with Crippen molar-refractivity contribution >= 4 is 17.8 Å². The van der Waals surface area contributed by atoms with Crippen molar-refractivity contribution in [1.82, 2.24) is 10.6 Å². The van der Waals surface area contributed by atoms with Gasteiger partial charge in [0.05, 0.1) is 26.2 Å². The van der Waals surface area contributed by atoms with Crippen molar-refractivity contribution in [2.24, 2.45) is 4.99 Å². The van der Waals surface area contributed by atoms with Crippen LogP contribution in [0.5, 0.6) is 11.5 Å². The van der Waals surface area contributed by atoms with Gasteiger partial charge in [0.2, 0.25) is 11.9 Å². The number of nitrogens with one attached hydrogen (secondary N) is 2. The van der Waals surface area contributed by atoms with E-state index in [1.807, 2.05) is 32.0 Å². The Morgan fingerprint density at radius 2 is 1.96 bits per heavy atom. The van der Waals surface area contributed by atoms with Crippen LogP contribution in [0.3, 0.4) is 0 Å². The van der Waals surface area contributed by atoms with E-state index < -0.39 is 6.04 Å². The smallest absolute Gasteiger partial charge is 0.257 e. The molecule has 1 aliphatic rings. The molecule has 2 aromatic rings. The van der Waals surface area contributed by atoms with Crippen molar-refractivity contribution in [3.63, 3.8) is 0 Å². The van der Waals surface area contributed by atoms with E-state index >= 15 is 0 Å². The molecule has 3 rings (SSSR count). The lowest BCUT2D eigenvalue weighted by molar-refractivity contribution is -0.120. The van der Waals surface area contributed by atoms with Gasteiger partial charge in [0.15, 0.2) is 11.5 Å². The van der Waals surface area contributed by atoms with Gasteiger partial charge in [0, 0.05) is 5.56 Å². The van der Waals surface area contributed by atoms with Crippen molar-refractivity contribution in [2.45, 2.75) is 26.3 Å². The molecule has 7 nitrogen and oxygen atoms in total. The topological polar surface area (TPSA) is 89.0 Å². The van der Waals surface area contributed by atoms with E-state index in [-0.39, 0.29) is 24.2 Å². The van der Waals surface area contributed by atoms with Crippen LogP contribution in [0.15, 0.2) is 47.5 Å². The molecule has 0 unspecified atom stereocenters. The normalized spacial score (nSPS) is 16.0. The van der Waals surface area contributed by atoms with E-state index in [9.17, 15) is 9.59 Å². The first kappa shape index (κ1) is 19.4. The number of carbonyl (C=O) groups is 2. The molecular weight excluding hydrogens is 358 g/mol. The number of rotatable bonds is 5. The second-order valence-electron chi connectivity index (χ2n) is 6.41. The molecule has 2 N–H and O–H groups in total. The molecule has 7 heteroatoms. The second-order valence-corrected chi connectivity index (χ2v) is 6.41. The van der Waals surface area contributed by atoms with Gasteiger partial charge in [-0.1, -0.05) is 23.8 Å². The Balaban J connectivity index is 1.81. The Morgan fingerprint density at radius 3 is 2.64 bits per heavy atom. The van der Waals surface area contributed by atoms with Gasteiger partial charge in [-0.3, -0.25) is 20.2 Å². The number of guanidine groups is 1. The number of aryl methyl sites for hydroxylation is 1. The zero-order valence-corrected chi connectivity index (χ0v) is 16.1. The number of aliphatic imine (C=N–C) groups is 1. The number of methoxy groups -OCH3 is 1. The first-order valence-electron chi connectivity index (χ1n) is 9.06. The molecule has 1 atom stereocenters. The van der Waals surface area contributed by atoms with Crippen LogP contribution in [0, 0.1) is 6.92 Å². The van der Waals surface area contributed by atoms with E-state index in [2.05, 4.69) is 15.6 Å². The van der Waals surface area contributed by atoms with Gasteiger partial charge in [0.25, 0.3) is 5.91 Å². The Morgan fingerprint density at radius 1 is 1.21 bits per heavy atom. The van der Waals surface area contributed by atoms with E-state index in [0.717, 1.165) is 11.1 Å². The van der Waals surface area contributed by atoms with Crippen molar-refractivity contribution in [1.29, 1.82) is 0 Å². The van der Waals surface area contributed by atoms with Gasteiger partial charge in [-0.2, -0.15) is 0 Å². The molecule has 0 saturated heterocycles. The van der Waals surface area contributed by atoms with Crippen molar-refractivity contribution in [3.8, 4) is 11.5 Å². The van der Waals surface area contributed by atoms with Crippen LogP contribution < -0.4 is 20.1 Å². The van der Waals surface area contributed by atoms with E-state index in [1.165, 1.54) is 0 Å². The Bertz CT molecular complexity index is 906. The fraction of sp³-hybridized carbons (Fsp3) is 0.286. The highest BCUT2D eigenvalue weighted by atomic mass is 16.5. The third-order valence-corrected chi connectivity index (χ3v) is 4.34. The molecule has 146 valence electrons. The van der Waals surface area contributed by atoms with Crippen LogP contribution in [0.4, 0.5) is 0 Å². The predicted molar refractivity (Wildman–Crippen MR) is 106 cm³/mol. The summed E-state index contributed by atoms with van der Waals surface area (Å²) in [5.41, 5.74) is 2.36. The molecular formula is C21H23N3O4. The maximum atomic E-state index is 12.4. The minimum absolute atomic E-state index is 0.139. The van der Waals surface area contributed by atoms with Crippen LogP contribution in [0.1, 0.15) is 40.9 Å². The van der Waals surface area contributed by atoms with Crippen LogP contribution in [-0.2, 0) is 4.79 Å². The number of carbonyl (C=O) groups excluding carboxylic acids is 2. The lowest BCUT2D eigenvalue weighted by Crippen LogP contribution is -2.47. The van der Waals surface area contributed by atoms with Gasteiger partial charge in [-0.05, 0) is 43.7 Å². The first-order valence-corrected chi connectivity index (χ1v) is 9.06. The van der Waals surface area contributed by atoms with Gasteiger partial charge >= 0.3 is 0 Å². The summed E-state index contributed by atoms with van der Waals surface area (Å²) in [6.07, 6.45) is 0.182. The van der Waals surface area contributed by atoms with Gasteiger partial charge in [0.1, 0.15) is 0 Å². The average Bonchev–Trinajstić information content (AvgIpc) is 2.68. The summed E-state index contributed by atoms with van der Waals surface area (Å²) in [7, 11) is 1.56. The van der Waals surface area contributed by atoms with E-state index in [1.54, 1.807) is 31.4 Å². The Kier molecular flexibility index (Phi) is 5.93. The Hall–Kier alpha value is -3.35. The summed E-state index contributed by atoms with van der Waals surface area (Å²) in [6.45, 7) is 4.36. The highest BCUT2D eigenvalue weighted by Gasteiger charge is 2.24. The quantitative estimate of drug-likeness (QED) is 0.833. The van der Waals surface area contributed by atoms with Crippen molar-refractivity contribution < 1.29 is 19.1 Å². The van der Waals surface area contributed by atoms with Gasteiger partial charge in [-0.15, -0.1) is 0 Å². The minimum atomic E-state index is -0.424. The first-order chi connectivity index (χ1) is 13.5. The highest BCUT2D eigenvalue weighted by Crippen LogP contribution is 2.33. The minimum Gasteiger partial charge on any atom is -0.493 e. The molecule has 0 aromatic heterocycles. The lowest BCUT2D eigenvalue weighted by Gasteiger charge is -2.22. The molecule has 1 heterocycles. The summed E-state index contributed by atoms with van der Waals surface area (Å²) in [5, 5.41) is 5.28. The lowest BCUT2D eigenvalue weighted by atomic mass is 10.0. The molecule has 0 spiro atoms. The maximum absolute atomic E-state index is 12.4. The fourth-order valence-electron chi connectivity index (χ4n) is 2.90. The zero-order chi connectivity index (χ0) is 20.1.